The van der Waals surface area contributed by atoms with Gasteiger partial charge in [-0.1, -0.05) is 30.3 Å². The van der Waals surface area contributed by atoms with Crippen LogP contribution in [0, 0.1) is 0 Å². The van der Waals surface area contributed by atoms with Gasteiger partial charge in [0.1, 0.15) is 11.5 Å². The molecule has 2 aromatic rings. The zero-order chi connectivity index (χ0) is 20.5. The monoisotopic (exact) mass is 385 g/mol. The fourth-order valence-corrected chi connectivity index (χ4v) is 2.56. The Labute approximate surface area is 162 Å². The van der Waals surface area contributed by atoms with Gasteiger partial charge in [0.2, 0.25) is 5.91 Å². The van der Waals surface area contributed by atoms with E-state index in [4.69, 9.17) is 15.6 Å². The molecule has 0 radical (unpaired) electrons. The molecule has 0 bridgehead atoms. The zero-order valence-corrected chi connectivity index (χ0v) is 15.5. The molecule has 0 spiro atoms. The number of para-hydroxylation sites is 1. The number of nitrogens with one attached hydrogen (secondary N) is 1. The van der Waals surface area contributed by atoms with Gasteiger partial charge in [0.05, 0.1) is 18.9 Å². The second kappa shape index (κ2) is 9.96. The first-order chi connectivity index (χ1) is 13.3. The molecule has 1 atom stereocenters. The zero-order valence-electron chi connectivity index (χ0n) is 15.5. The van der Waals surface area contributed by atoms with Crippen LogP contribution in [0.5, 0.6) is 11.5 Å². The molecule has 0 saturated heterocycles. The van der Waals surface area contributed by atoms with Crippen molar-refractivity contribution in [3.05, 3.63) is 60.2 Å². The van der Waals surface area contributed by atoms with E-state index in [0.717, 1.165) is 0 Å². The van der Waals surface area contributed by atoms with E-state index in [9.17, 15) is 14.4 Å². The van der Waals surface area contributed by atoms with Crippen LogP contribution in [-0.2, 0) is 9.59 Å². The number of hydrogen-bond acceptors (Lipinski definition) is 4. The molecule has 8 nitrogen and oxygen atoms in total. The average molecular weight is 385 g/mol. The van der Waals surface area contributed by atoms with E-state index in [2.05, 4.69) is 5.32 Å². The standard InChI is InChI=1S/C20H23N3O5/c1-23(11-10-19(25)26)18(24)13-17(22-20(21)27)14-6-5-9-16(12-14)28-15-7-3-2-4-8-15/h2-9,12,17H,10-11,13H2,1H3,(H,25,26)(H3,21,22,27). The van der Waals surface area contributed by atoms with E-state index in [0.29, 0.717) is 17.1 Å². The van der Waals surface area contributed by atoms with Crippen molar-refractivity contribution in [2.45, 2.75) is 18.9 Å². The maximum Gasteiger partial charge on any atom is 0.312 e. The molecule has 4 N–H and O–H groups in total. The van der Waals surface area contributed by atoms with Gasteiger partial charge in [-0.25, -0.2) is 4.79 Å². The molecular weight excluding hydrogens is 362 g/mol. The number of carboxylic acid groups (broad SMARTS) is 1. The molecule has 1 unspecified atom stereocenters. The SMILES string of the molecule is CN(CCC(=O)O)C(=O)CC(NC(N)=O)c1cccc(Oc2ccccc2)c1. The summed E-state index contributed by atoms with van der Waals surface area (Å²) in [6.07, 6.45) is -0.218. The Morgan fingerprint density at radius 1 is 1.11 bits per heavy atom. The number of carbonyl (C=O) groups is 3. The Hall–Kier alpha value is -3.55. The summed E-state index contributed by atoms with van der Waals surface area (Å²) in [5, 5.41) is 11.3. The van der Waals surface area contributed by atoms with Crippen LogP contribution in [0.15, 0.2) is 54.6 Å². The molecule has 3 amide bonds. The Balaban J connectivity index is 2.13. The molecule has 0 aromatic heterocycles. The van der Waals surface area contributed by atoms with Crippen molar-refractivity contribution in [2.75, 3.05) is 13.6 Å². The molecule has 2 aromatic carbocycles. The van der Waals surface area contributed by atoms with Crippen LogP contribution in [0.3, 0.4) is 0 Å². The second-order valence-corrected chi connectivity index (χ2v) is 6.21. The molecular formula is C20H23N3O5. The highest BCUT2D eigenvalue weighted by Gasteiger charge is 2.21. The van der Waals surface area contributed by atoms with Gasteiger partial charge in [-0.3, -0.25) is 9.59 Å². The summed E-state index contributed by atoms with van der Waals surface area (Å²) in [6, 6.07) is 14.8. The summed E-state index contributed by atoms with van der Waals surface area (Å²) in [6.45, 7) is 0.0780. The van der Waals surface area contributed by atoms with Crippen molar-refractivity contribution >= 4 is 17.9 Å². The van der Waals surface area contributed by atoms with Crippen molar-refractivity contribution in [1.82, 2.24) is 10.2 Å². The van der Waals surface area contributed by atoms with Crippen molar-refractivity contribution < 1.29 is 24.2 Å². The third-order valence-corrected chi connectivity index (χ3v) is 4.02. The summed E-state index contributed by atoms with van der Waals surface area (Å²) >= 11 is 0. The second-order valence-electron chi connectivity index (χ2n) is 6.21. The third kappa shape index (κ3) is 6.64. The first-order valence-corrected chi connectivity index (χ1v) is 8.69. The number of benzene rings is 2. The molecule has 8 heteroatoms. The van der Waals surface area contributed by atoms with Gasteiger partial charge in [0.15, 0.2) is 0 Å². The highest BCUT2D eigenvalue weighted by molar-refractivity contribution is 5.79. The average Bonchev–Trinajstić information content (AvgIpc) is 2.66. The predicted octanol–water partition coefficient (Wildman–Crippen LogP) is 2.51. The number of rotatable bonds is 9. The number of nitrogens with two attached hydrogens (primary N) is 1. The molecule has 0 aliphatic heterocycles. The van der Waals surface area contributed by atoms with Crippen LogP contribution >= 0.6 is 0 Å². The van der Waals surface area contributed by atoms with E-state index < -0.39 is 18.0 Å². The van der Waals surface area contributed by atoms with Crippen LogP contribution in [-0.4, -0.2) is 41.5 Å². The Bertz CT molecular complexity index is 826. The lowest BCUT2D eigenvalue weighted by Crippen LogP contribution is -2.37. The summed E-state index contributed by atoms with van der Waals surface area (Å²) in [5.41, 5.74) is 5.90. The number of primary amides is 1. The van der Waals surface area contributed by atoms with E-state index >= 15 is 0 Å². The smallest absolute Gasteiger partial charge is 0.312 e. The number of hydrogen-bond donors (Lipinski definition) is 3. The van der Waals surface area contributed by atoms with Gasteiger partial charge in [0, 0.05) is 13.6 Å². The van der Waals surface area contributed by atoms with Gasteiger partial charge in [-0.15, -0.1) is 0 Å². The molecule has 0 saturated carbocycles. The van der Waals surface area contributed by atoms with E-state index in [-0.39, 0.29) is 25.3 Å². The largest absolute Gasteiger partial charge is 0.481 e. The Kier molecular flexibility index (Phi) is 7.38. The Morgan fingerprint density at radius 3 is 2.43 bits per heavy atom. The number of aliphatic carboxylic acids is 1. The quantitative estimate of drug-likeness (QED) is 0.612. The van der Waals surface area contributed by atoms with Gasteiger partial charge in [0.25, 0.3) is 0 Å². The minimum atomic E-state index is -0.989. The van der Waals surface area contributed by atoms with Crippen molar-refractivity contribution in [3.8, 4) is 11.5 Å². The van der Waals surface area contributed by atoms with Gasteiger partial charge in [-0.2, -0.15) is 0 Å². The summed E-state index contributed by atoms with van der Waals surface area (Å²) in [4.78, 5) is 35.8. The summed E-state index contributed by atoms with van der Waals surface area (Å²) in [5.74, 6) is -0.0956. The molecule has 148 valence electrons. The molecule has 0 aliphatic carbocycles. The fourth-order valence-electron chi connectivity index (χ4n) is 2.56. The molecule has 0 fully saturated rings. The number of ether oxygens (including phenoxy) is 1. The summed E-state index contributed by atoms with van der Waals surface area (Å²) in [7, 11) is 1.52. The minimum Gasteiger partial charge on any atom is -0.481 e. The normalized spacial score (nSPS) is 11.3. The van der Waals surface area contributed by atoms with Crippen LogP contribution in [0.2, 0.25) is 0 Å². The molecule has 0 aliphatic rings. The fraction of sp³-hybridized carbons (Fsp3) is 0.250. The lowest BCUT2D eigenvalue weighted by Gasteiger charge is -2.22. The summed E-state index contributed by atoms with van der Waals surface area (Å²) < 4.78 is 5.79. The maximum absolute atomic E-state index is 12.4. The van der Waals surface area contributed by atoms with Crippen molar-refractivity contribution in [3.63, 3.8) is 0 Å². The van der Waals surface area contributed by atoms with E-state index in [1.807, 2.05) is 30.3 Å². The van der Waals surface area contributed by atoms with Crippen LogP contribution in [0.1, 0.15) is 24.4 Å². The topological polar surface area (TPSA) is 122 Å². The minimum absolute atomic E-state index is 0.0617. The van der Waals surface area contributed by atoms with Crippen molar-refractivity contribution in [1.29, 1.82) is 0 Å². The number of carbonyl (C=O) groups excluding carboxylic acids is 2. The van der Waals surface area contributed by atoms with Crippen LogP contribution in [0.4, 0.5) is 4.79 Å². The highest BCUT2D eigenvalue weighted by atomic mass is 16.5. The maximum atomic E-state index is 12.4. The number of urea groups is 1. The number of amides is 3. The van der Waals surface area contributed by atoms with Gasteiger partial charge < -0.3 is 25.8 Å². The van der Waals surface area contributed by atoms with E-state index in [1.165, 1.54) is 11.9 Å². The van der Waals surface area contributed by atoms with Crippen molar-refractivity contribution in [2.24, 2.45) is 5.73 Å². The Morgan fingerprint density at radius 2 is 1.79 bits per heavy atom. The third-order valence-electron chi connectivity index (χ3n) is 4.02. The first kappa shape index (κ1) is 20.8. The number of carboxylic acids is 1. The molecule has 2 rings (SSSR count). The lowest BCUT2D eigenvalue weighted by atomic mass is 10.0. The van der Waals surface area contributed by atoms with Gasteiger partial charge in [-0.05, 0) is 29.8 Å². The lowest BCUT2D eigenvalue weighted by molar-refractivity contribution is -0.138. The molecule has 0 heterocycles. The van der Waals surface area contributed by atoms with E-state index in [1.54, 1.807) is 24.3 Å². The van der Waals surface area contributed by atoms with Crippen LogP contribution in [0.25, 0.3) is 0 Å². The van der Waals surface area contributed by atoms with Gasteiger partial charge >= 0.3 is 12.0 Å². The predicted molar refractivity (Wildman–Crippen MR) is 103 cm³/mol. The number of nitrogens with zero attached hydrogens (tertiary/aromatic N) is 1. The first-order valence-electron chi connectivity index (χ1n) is 8.69. The van der Waals surface area contributed by atoms with Crippen LogP contribution < -0.4 is 15.8 Å². The highest BCUT2D eigenvalue weighted by Crippen LogP contribution is 2.26. The molecule has 28 heavy (non-hydrogen) atoms.